The molecule has 0 aliphatic rings. The maximum absolute atomic E-state index is 13.7. The van der Waals surface area contributed by atoms with E-state index in [1.807, 2.05) is 33.8 Å². The van der Waals surface area contributed by atoms with Crippen LogP contribution in [0.1, 0.15) is 57.7 Å². The second-order valence-corrected chi connectivity index (χ2v) is 6.00. The van der Waals surface area contributed by atoms with Gasteiger partial charge in [0.2, 0.25) is 0 Å². The van der Waals surface area contributed by atoms with E-state index in [0.29, 0.717) is 30.9 Å². The smallest absolute Gasteiger partial charge is 0.191 e. The van der Waals surface area contributed by atoms with Crippen LogP contribution in [-0.2, 0) is 0 Å². The van der Waals surface area contributed by atoms with E-state index in [9.17, 15) is 9.50 Å². The van der Waals surface area contributed by atoms with Crippen molar-refractivity contribution in [2.75, 3.05) is 13.1 Å². The summed E-state index contributed by atoms with van der Waals surface area (Å²) < 4.78 is 13.7. The summed E-state index contributed by atoms with van der Waals surface area (Å²) in [4.78, 5) is 4.48. The zero-order valence-corrected chi connectivity index (χ0v) is 17.6. The van der Waals surface area contributed by atoms with E-state index in [1.54, 1.807) is 19.1 Å². The first-order valence-electron chi connectivity index (χ1n) is 8.38. The predicted molar refractivity (Wildman–Crippen MR) is 110 cm³/mol. The monoisotopic (exact) mass is 451 g/mol. The molecule has 4 nitrogen and oxygen atoms in total. The van der Waals surface area contributed by atoms with Gasteiger partial charge in [-0.05, 0) is 50.8 Å². The summed E-state index contributed by atoms with van der Waals surface area (Å²) in [6.07, 6.45) is 1.32. The molecule has 0 amide bonds. The summed E-state index contributed by atoms with van der Waals surface area (Å²) in [5.74, 6) is 0.422. The Morgan fingerprint density at radius 2 is 1.92 bits per heavy atom. The topological polar surface area (TPSA) is 56.7 Å². The lowest BCUT2D eigenvalue weighted by atomic mass is 9.98. The maximum Gasteiger partial charge on any atom is 0.191 e. The standard InChI is InChI=1S/C18H30FN3O.HI/c1-6-18(23,7-2)12-21-17(20-8-3)22-14(5)15-10-9-13(4)16(19)11-15;/h9-11,14,23H,6-8,12H2,1-5H3,(H2,20,21,22);1H. The lowest BCUT2D eigenvalue weighted by Crippen LogP contribution is -2.40. The van der Waals surface area contributed by atoms with Gasteiger partial charge < -0.3 is 15.7 Å². The summed E-state index contributed by atoms with van der Waals surface area (Å²) in [5.41, 5.74) is 0.721. The van der Waals surface area contributed by atoms with Crippen LogP contribution in [-0.4, -0.2) is 29.8 Å². The number of nitrogens with zero attached hydrogens (tertiary/aromatic N) is 1. The molecule has 0 bridgehead atoms. The summed E-state index contributed by atoms with van der Waals surface area (Å²) in [7, 11) is 0. The molecule has 3 N–H and O–H groups in total. The Bertz CT molecular complexity index is 533. The Morgan fingerprint density at radius 3 is 2.42 bits per heavy atom. The molecule has 0 saturated carbocycles. The van der Waals surface area contributed by atoms with Gasteiger partial charge in [-0.1, -0.05) is 26.0 Å². The van der Waals surface area contributed by atoms with Gasteiger partial charge >= 0.3 is 0 Å². The highest BCUT2D eigenvalue weighted by molar-refractivity contribution is 14.0. The molecule has 0 aromatic heterocycles. The Hall–Kier alpha value is -0.890. The van der Waals surface area contributed by atoms with E-state index in [1.165, 1.54) is 0 Å². The van der Waals surface area contributed by atoms with E-state index in [4.69, 9.17) is 0 Å². The molecule has 0 spiro atoms. The van der Waals surface area contributed by atoms with Crippen molar-refractivity contribution < 1.29 is 9.50 Å². The van der Waals surface area contributed by atoms with Crippen LogP contribution in [0.4, 0.5) is 4.39 Å². The number of rotatable bonds is 7. The number of halogens is 2. The predicted octanol–water partition coefficient (Wildman–Crippen LogP) is 3.92. The fourth-order valence-corrected chi connectivity index (χ4v) is 2.19. The van der Waals surface area contributed by atoms with Gasteiger partial charge in [0, 0.05) is 6.54 Å². The van der Waals surface area contributed by atoms with E-state index < -0.39 is 5.60 Å². The van der Waals surface area contributed by atoms with Gasteiger partial charge in [-0.3, -0.25) is 4.99 Å². The Labute approximate surface area is 162 Å². The van der Waals surface area contributed by atoms with Crippen LogP contribution in [0.2, 0.25) is 0 Å². The third-order valence-corrected chi connectivity index (χ3v) is 4.24. The van der Waals surface area contributed by atoms with Gasteiger partial charge in [0.1, 0.15) is 5.82 Å². The fraction of sp³-hybridized carbons (Fsp3) is 0.611. The molecule has 24 heavy (non-hydrogen) atoms. The van der Waals surface area contributed by atoms with Crippen molar-refractivity contribution in [3.63, 3.8) is 0 Å². The second kappa shape index (κ2) is 10.9. The third kappa shape index (κ3) is 6.93. The highest BCUT2D eigenvalue weighted by atomic mass is 127. The second-order valence-electron chi connectivity index (χ2n) is 6.00. The Morgan fingerprint density at radius 1 is 1.29 bits per heavy atom. The van der Waals surface area contributed by atoms with Crippen molar-refractivity contribution in [2.24, 2.45) is 4.99 Å². The van der Waals surface area contributed by atoms with Crippen LogP contribution in [0.3, 0.4) is 0 Å². The number of hydrogen-bond acceptors (Lipinski definition) is 2. The lowest BCUT2D eigenvalue weighted by molar-refractivity contribution is 0.0418. The van der Waals surface area contributed by atoms with Gasteiger partial charge in [-0.2, -0.15) is 0 Å². The van der Waals surface area contributed by atoms with Crippen molar-refractivity contribution in [1.29, 1.82) is 0 Å². The summed E-state index contributed by atoms with van der Waals surface area (Å²) in [6, 6.07) is 5.15. The molecule has 1 aromatic rings. The number of nitrogens with one attached hydrogen (secondary N) is 2. The molecular weight excluding hydrogens is 420 g/mol. The average Bonchev–Trinajstić information content (AvgIpc) is 2.55. The highest BCUT2D eigenvalue weighted by Gasteiger charge is 2.22. The molecule has 0 saturated heterocycles. The van der Waals surface area contributed by atoms with Gasteiger partial charge in [-0.25, -0.2) is 4.39 Å². The molecule has 6 heteroatoms. The largest absolute Gasteiger partial charge is 0.388 e. The van der Waals surface area contributed by atoms with E-state index in [-0.39, 0.29) is 35.8 Å². The minimum Gasteiger partial charge on any atom is -0.388 e. The first kappa shape index (κ1) is 23.1. The third-order valence-electron chi connectivity index (χ3n) is 4.24. The van der Waals surface area contributed by atoms with Gasteiger partial charge in [0.05, 0.1) is 18.2 Å². The SMILES string of the molecule is CCNC(=NCC(O)(CC)CC)NC(C)c1ccc(C)c(F)c1.I. The first-order valence-corrected chi connectivity index (χ1v) is 8.38. The molecule has 0 aliphatic heterocycles. The van der Waals surface area contributed by atoms with E-state index in [0.717, 1.165) is 12.1 Å². The number of guanidine groups is 1. The van der Waals surface area contributed by atoms with Crippen LogP contribution in [0.15, 0.2) is 23.2 Å². The van der Waals surface area contributed by atoms with Gasteiger partial charge in [-0.15, -0.1) is 24.0 Å². The van der Waals surface area contributed by atoms with Crippen LogP contribution in [0.5, 0.6) is 0 Å². The Balaban J connectivity index is 0.00000529. The first-order chi connectivity index (χ1) is 10.8. The Kier molecular flexibility index (Phi) is 10.5. The van der Waals surface area contributed by atoms with Crippen LogP contribution in [0.25, 0.3) is 0 Å². The number of aryl methyl sites for hydroxylation is 1. The molecule has 1 atom stereocenters. The molecule has 0 fully saturated rings. The molecule has 1 aromatic carbocycles. The van der Waals surface area contributed by atoms with Crippen molar-refractivity contribution in [3.8, 4) is 0 Å². The van der Waals surface area contributed by atoms with Crippen molar-refractivity contribution in [3.05, 3.63) is 35.1 Å². The summed E-state index contributed by atoms with van der Waals surface area (Å²) >= 11 is 0. The number of benzene rings is 1. The molecule has 138 valence electrons. The van der Waals surface area contributed by atoms with Crippen LogP contribution in [0, 0.1) is 12.7 Å². The van der Waals surface area contributed by atoms with Crippen molar-refractivity contribution in [1.82, 2.24) is 10.6 Å². The molecule has 0 radical (unpaired) electrons. The van der Waals surface area contributed by atoms with Crippen molar-refractivity contribution >= 4 is 29.9 Å². The minimum atomic E-state index is -0.776. The number of aliphatic hydroxyl groups is 1. The summed E-state index contributed by atoms with van der Waals surface area (Å²) in [5, 5.41) is 16.8. The van der Waals surface area contributed by atoms with Crippen LogP contribution < -0.4 is 10.6 Å². The molecule has 1 rings (SSSR count). The zero-order valence-electron chi connectivity index (χ0n) is 15.3. The number of hydrogen-bond donors (Lipinski definition) is 3. The quantitative estimate of drug-likeness (QED) is 0.335. The van der Waals surface area contributed by atoms with E-state index >= 15 is 0 Å². The molecule has 0 heterocycles. The van der Waals surface area contributed by atoms with Crippen LogP contribution >= 0.6 is 24.0 Å². The number of aliphatic imine (C=N–C) groups is 1. The van der Waals surface area contributed by atoms with Crippen molar-refractivity contribution in [2.45, 2.75) is 59.1 Å². The maximum atomic E-state index is 13.7. The average molecular weight is 451 g/mol. The van der Waals surface area contributed by atoms with Gasteiger partial charge in [0.15, 0.2) is 5.96 Å². The summed E-state index contributed by atoms with van der Waals surface area (Å²) in [6.45, 7) is 10.7. The lowest BCUT2D eigenvalue weighted by Gasteiger charge is -2.24. The van der Waals surface area contributed by atoms with E-state index in [2.05, 4.69) is 15.6 Å². The molecular formula is C18H31FIN3O. The molecule has 0 aliphatic carbocycles. The normalized spacial score (nSPS) is 13.2. The fourth-order valence-electron chi connectivity index (χ4n) is 2.19. The zero-order chi connectivity index (χ0) is 17.5. The van der Waals surface area contributed by atoms with Gasteiger partial charge in [0.25, 0.3) is 0 Å². The molecule has 1 unspecified atom stereocenters. The minimum absolute atomic E-state index is 0. The highest BCUT2D eigenvalue weighted by Crippen LogP contribution is 2.17.